The van der Waals surface area contributed by atoms with Gasteiger partial charge in [0.1, 0.15) is 5.82 Å². The number of aromatic nitrogens is 2. The van der Waals surface area contributed by atoms with E-state index in [-0.39, 0.29) is 5.13 Å². The number of benzene rings is 1. The third kappa shape index (κ3) is 4.67. The highest BCUT2D eigenvalue weighted by molar-refractivity contribution is 8.02. The summed E-state index contributed by atoms with van der Waals surface area (Å²) in [6, 6.07) is 4.70. The number of carboxylic acid groups (broad SMARTS) is 1. The van der Waals surface area contributed by atoms with E-state index in [2.05, 4.69) is 20.8 Å². The number of hydrogen-bond donors (Lipinski definition) is 2. The van der Waals surface area contributed by atoms with E-state index < -0.39 is 23.1 Å². The number of nitrogens with zero attached hydrogens (tertiary/aromatic N) is 2. The highest BCUT2D eigenvalue weighted by Gasteiger charge is 2.12. The Labute approximate surface area is 133 Å². The van der Waals surface area contributed by atoms with Crippen LogP contribution in [0.2, 0.25) is 0 Å². The molecule has 1 atom stereocenters. The molecule has 0 aliphatic heterocycles. The monoisotopic (exact) mass is 341 g/mol. The highest BCUT2D eigenvalue weighted by Crippen LogP contribution is 2.28. The summed E-state index contributed by atoms with van der Waals surface area (Å²) in [7, 11) is 0. The number of nitrogens with one attached hydrogen (secondary N) is 2. The van der Waals surface area contributed by atoms with E-state index >= 15 is 0 Å². The van der Waals surface area contributed by atoms with Gasteiger partial charge in [0.05, 0.1) is 5.97 Å². The second-order valence-corrected chi connectivity index (χ2v) is 6.60. The number of halogens is 1. The minimum atomic E-state index is -1.20. The van der Waals surface area contributed by atoms with Crippen LogP contribution in [0.4, 0.5) is 20.0 Å². The van der Waals surface area contributed by atoms with Crippen LogP contribution in [0.15, 0.2) is 28.6 Å². The number of thioether (sulfide) groups is 1. The van der Waals surface area contributed by atoms with Gasteiger partial charge in [-0.2, -0.15) is 0 Å². The molecule has 10 heteroatoms. The van der Waals surface area contributed by atoms with Crippen LogP contribution >= 0.6 is 23.1 Å². The zero-order valence-corrected chi connectivity index (χ0v) is 12.8. The van der Waals surface area contributed by atoms with E-state index in [1.54, 1.807) is 0 Å². The lowest BCUT2D eigenvalue weighted by Gasteiger charge is -2.08. The van der Waals surface area contributed by atoms with E-state index in [1.165, 1.54) is 31.2 Å². The van der Waals surface area contributed by atoms with Crippen LogP contribution in [-0.4, -0.2) is 27.4 Å². The molecule has 116 valence electrons. The summed E-state index contributed by atoms with van der Waals surface area (Å²) in [4.78, 5) is 22.4. The fourth-order valence-electron chi connectivity index (χ4n) is 1.30. The first-order valence-electron chi connectivity index (χ1n) is 5.98. The molecule has 2 N–H and O–H groups in total. The molecule has 0 fully saturated rings. The molecular formula is C12H10FN4O3S2-. The summed E-state index contributed by atoms with van der Waals surface area (Å²) in [6.07, 6.45) is 0. The topological polar surface area (TPSA) is 107 Å². The molecular weight excluding hydrogens is 331 g/mol. The Morgan fingerprint density at radius 2 is 1.95 bits per heavy atom. The van der Waals surface area contributed by atoms with Gasteiger partial charge in [0.2, 0.25) is 5.13 Å². The van der Waals surface area contributed by atoms with Crippen molar-refractivity contribution in [1.29, 1.82) is 0 Å². The van der Waals surface area contributed by atoms with E-state index in [9.17, 15) is 19.1 Å². The third-order valence-corrected chi connectivity index (χ3v) is 4.34. The van der Waals surface area contributed by atoms with Gasteiger partial charge in [-0.05, 0) is 31.2 Å². The molecule has 2 amide bonds. The minimum absolute atomic E-state index is 0.215. The molecule has 1 heterocycles. The summed E-state index contributed by atoms with van der Waals surface area (Å²) in [6.45, 7) is 1.47. The third-order valence-electron chi connectivity index (χ3n) is 2.34. The quantitative estimate of drug-likeness (QED) is 0.631. The molecule has 2 aromatic rings. The number of aliphatic carboxylic acids is 1. The van der Waals surface area contributed by atoms with E-state index in [0.29, 0.717) is 10.0 Å². The second kappa shape index (κ2) is 7.18. The summed E-state index contributed by atoms with van der Waals surface area (Å²) in [5.41, 5.74) is 0.420. The first kappa shape index (κ1) is 16.2. The maximum absolute atomic E-state index is 12.7. The lowest BCUT2D eigenvalue weighted by atomic mass is 10.3. The van der Waals surface area contributed by atoms with Gasteiger partial charge in [0, 0.05) is 10.9 Å². The fraction of sp³-hybridized carbons (Fsp3) is 0.167. The maximum Gasteiger partial charge on any atom is 0.325 e. The van der Waals surface area contributed by atoms with Crippen molar-refractivity contribution in [2.24, 2.45) is 0 Å². The van der Waals surface area contributed by atoms with Crippen LogP contribution in [0.3, 0.4) is 0 Å². The number of carbonyl (C=O) groups is 2. The van der Waals surface area contributed by atoms with Gasteiger partial charge < -0.3 is 15.2 Å². The van der Waals surface area contributed by atoms with Crippen molar-refractivity contribution in [2.75, 3.05) is 10.6 Å². The van der Waals surface area contributed by atoms with Crippen LogP contribution < -0.4 is 15.7 Å². The van der Waals surface area contributed by atoms with Gasteiger partial charge in [-0.25, -0.2) is 9.18 Å². The molecule has 0 saturated heterocycles. The molecule has 1 aromatic carbocycles. The summed E-state index contributed by atoms with van der Waals surface area (Å²) < 4.78 is 13.1. The molecule has 22 heavy (non-hydrogen) atoms. The summed E-state index contributed by atoms with van der Waals surface area (Å²) in [5, 5.41) is 22.5. The van der Waals surface area contributed by atoms with Gasteiger partial charge in [-0.1, -0.05) is 23.1 Å². The van der Waals surface area contributed by atoms with E-state index in [4.69, 9.17) is 0 Å². The Balaban J connectivity index is 1.90. The molecule has 0 aliphatic carbocycles. The van der Waals surface area contributed by atoms with Crippen LogP contribution in [0, 0.1) is 5.82 Å². The van der Waals surface area contributed by atoms with Crippen LogP contribution in [0.25, 0.3) is 0 Å². The molecule has 0 bridgehead atoms. The molecule has 2 rings (SSSR count). The molecule has 0 unspecified atom stereocenters. The van der Waals surface area contributed by atoms with Gasteiger partial charge in [0.15, 0.2) is 4.34 Å². The highest BCUT2D eigenvalue weighted by atomic mass is 32.2. The first-order valence-corrected chi connectivity index (χ1v) is 7.68. The molecule has 0 saturated carbocycles. The summed E-state index contributed by atoms with van der Waals surface area (Å²) in [5.74, 6) is -1.61. The SMILES string of the molecule is C[C@@H](Sc1nnc(NC(=O)Nc2ccc(F)cc2)s1)C(=O)[O-]. The fourth-order valence-corrected chi connectivity index (χ4v) is 3.12. The average Bonchev–Trinajstić information content (AvgIpc) is 2.88. The van der Waals surface area contributed by atoms with Crippen molar-refractivity contribution in [3.8, 4) is 0 Å². The number of carbonyl (C=O) groups excluding carboxylic acids is 2. The van der Waals surface area contributed by atoms with Crippen LogP contribution in [0.1, 0.15) is 6.92 Å². The van der Waals surface area contributed by atoms with Crippen molar-refractivity contribution < 1.29 is 19.1 Å². The van der Waals surface area contributed by atoms with Gasteiger partial charge >= 0.3 is 6.03 Å². The maximum atomic E-state index is 12.7. The lowest BCUT2D eigenvalue weighted by molar-refractivity contribution is -0.304. The van der Waals surface area contributed by atoms with Gasteiger partial charge in [-0.15, -0.1) is 10.2 Å². The van der Waals surface area contributed by atoms with Crippen molar-refractivity contribution in [3.05, 3.63) is 30.1 Å². The summed E-state index contributed by atoms with van der Waals surface area (Å²) >= 11 is 2.01. The van der Waals surface area contributed by atoms with Gasteiger partial charge in [0.25, 0.3) is 0 Å². The zero-order valence-electron chi connectivity index (χ0n) is 11.2. The molecule has 7 nitrogen and oxygen atoms in total. The number of amides is 2. The first-order chi connectivity index (χ1) is 10.4. The van der Waals surface area contributed by atoms with E-state index in [1.807, 2.05) is 0 Å². The number of urea groups is 1. The Morgan fingerprint density at radius 3 is 2.59 bits per heavy atom. The number of rotatable bonds is 5. The Morgan fingerprint density at radius 1 is 1.27 bits per heavy atom. The largest absolute Gasteiger partial charge is 0.549 e. The number of carboxylic acids is 1. The smallest absolute Gasteiger partial charge is 0.325 e. The second-order valence-electron chi connectivity index (χ2n) is 4.04. The minimum Gasteiger partial charge on any atom is -0.549 e. The Kier molecular flexibility index (Phi) is 5.28. The van der Waals surface area contributed by atoms with Crippen molar-refractivity contribution in [3.63, 3.8) is 0 Å². The van der Waals surface area contributed by atoms with Crippen LogP contribution in [-0.2, 0) is 4.79 Å². The molecule has 0 radical (unpaired) electrons. The molecule has 1 aromatic heterocycles. The van der Waals surface area contributed by atoms with E-state index in [0.717, 1.165) is 23.1 Å². The Hall–Kier alpha value is -2.20. The predicted octanol–water partition coefficient (Wildman–Crippen LogP) is 1.55. The number of hydrogen-bond acceptors (Lipinski definition) is 7. The van der Waals surface area contributed by atoms with Crippen LogP contribution in [0.5, 0.6) is 0 Å². The number of anilines is 2. The molecule has 0 aliphatic rings. The normalized spacial score (nSPS) is 11.7. The average molecular weight is 341 g/mol. The van der Waals surface area contributed by atoms with Crippen molar-refractivity contribution in [2.45, 2.75) is 16.5 Å². The molecule has 0 spiro atoms. The van der Waals surface area contributed by atoms with Crippen molar-refractivity contribution >= 4 is 45.9 Å². The Bertz CT molecular complexity index is 677. The van der Waals surface area contributed by atoms with Gasteiger partial charge in [-0.3, -0.25) is 5.32 Å². The van der Waals surface area contributed by atoms with Crippen molar-refractivity contribution in [1.82, 2.24) is 10.2 Å². The lowest BCUT2D eigenvalue weighted by Crippen LogP contribution is -2.31. The standard InChI is InChI=1S/C12H11FN4O3S2/c1-6(9(18)19)21-12-17-16-11(22-12)15-10(20)14-8-4-2-7(13)3-5-8/h2-6H,1H3,(H,18,19)(H2,14,15,16,20)/p-1/t6-/m1/s1. The predicted molar refractivity (Wildman–Crippen MR) is 79.3 cm³/mol. The zero-order chi connectivity index (χ0) is 16.1.